The quantitative estimate of drug-likeness (QED) is 0.607. The van der Waals surface area contributed by atoms with Crippen molar-refractivity contribution in [2.45, 2.75) is 13.1 Å². The zero-order chi connectivity index (χ0) is 21.9. The largest absolute Gasteiger partial charge is 0.416 e. The van der Waals surface area contributed by atoms with Crippen molar-refractivity contribution in [3.05, 3.63) is 82.4 Å². The third-order valence-corrected chi connectivity index (χ3v) is 4.36. The predicted molar refractivity (Wildman–Crippen MR) is 106 cm³/mol. The van der Waals surface area contributed by atoms with Crippen LogP contribution in [0.25, 0.3) is 0 Å². The Morgan fingerprint density at radius 2 is 1.80 bits per heavy atom. The number of rotatable bonds is 4. The van der Waals surface area contributed by atoms with Gasteiger partial charge in [-0.2, -0.15) is 13.2 Å². The van der Waals surface area contributed by atoms with Crippen molar-refractivity contribution in [3.8, 4) is 0 Å². The molecule has 6 nitrogen and oxygen atoms in total. The van der Waals surface area contributed by atoms with E-state index in [4.69, 9.17) is 11.6 Å². The van der Waals surface area contributed by atoms with E-state index in [1.807, 2.05) is 0 Å². The van der Waals surface area contributed by atoms with Crippen molar-refractivity contribution >= 4 is 34.8 Å². The molecule has 2 aromatic carbocycles. The SMILES string of the molecule is Cc1ccc(C(=O)Nc2cccc(C(F)(F)F)c2)cc1NC(=O)c1ncncc1Cl. The van der Waals surface area contributed by atoms with Crippen LogP contribution in [0.1, 0.15) is 32.0 Å². The Morgan fingerprint density at radius 1 is 1.03 bits per heavy atom. The number of alkyl halides is 3. The summed E-state index contributed by atoms with van der Waals surface area (Å²) in [6.07, 6.45) is -2.08. The highest BCUT2D eigenvalue weighted by Gasteiger charge is 2.30. The fourth-order valence-electron chi connectivity index (χ4n) is 2.54. The highest BCUT2D eigenvalue weighted by molar-refractivity contribution is 6.33. The molecule has 30 heavy (non-hydrogen) atoms. The van der Waals surface area contributed by atoms with Gasteiger partial charge < -0.3 is 10.6 Å². The summed E-state index contributed by atoms with van der Waals surface area (Å²) in [7, 11) is 0. The maximum Gasteiger partial charge on any atom is 0.416 e. The zero-order valence-electron chi connectivity index (χ0n) is 15.4. The van der Waals surface area contributed by atoms with Crippen LogP contribution in [-0.2, 0) is 6.18 Å². The molecule has 2 N–H and O–H groups in total. The van der Waals surface area contributed by atoms with Gasteiger partial charge in [-0.15, -0.1) is 0 Å². The van der Waals surface area contributed by atoms with Crippen LogP contribution in [-0.4, -0.2) is 21.8 Å². The lowest BCUT2D eigenvalue weighted by atomic mass is 10.1. The molecule has 3 aromatic rings. The lowest BCUT2D eigenvalue weighted by Crippen LogP contribution is -2.17. The van der Waals surface area contributed by atoms with Crippen molar-refractivity contribution in [3.63, 3.8) is 0 Å². The van der Waals surface area contributed by atoms with E-state index in [9.17, 15) is 22.8 Å². The topological polar surface area (TPSA) is 84.0 Å². The number of hydrogen-bond donors (Lipinski definition) is 2. The zero-order valence-corrected chi connectivity index (χ0v) is 16.2. The summed E-state index contributed by atoms with van der Waals surface area (Å²) in [6, 6.07) is 8.79. The van der Waals surface area contributed by atoms with E-state index in [2.05, 4.69) is 20.6 Å². The van der Waals surface area contributed by atoms with E-state index < -0.39 is 23.6 Å². The number of aromatic nitrogens is 2. The van der Waals surface area contributed by atoms with Gasteiger partial charge in [-0.05, 0) is 42.8 Å². The second-order valence-corrected chi connectivity index (χ2v) is 6.64. The summed E-state index contributed by atoms with van der Waals surface area (Å²) in [5.74, 6) is -1.23. The van der Waals surface area contributed by atoms with E-state index in [-0.39, 0.29) is 22.0 Å². The normalized spacial score (nSPS) is 11.1. The number of aryl methyl sites for hydroxylation is 1. The summed E-state index contributed by atoms with van der Waals surface area (Å²) in [6.45, 7) is 1.71. The number of benzene rings is 2. The van der Waals surface area contributed by atoms with E-state index in [1.165, 1.54) is 36.8 Å². The maximum atomic E-state index is 12.8. The summed E-state index contributed by atoms with van der Waals surface area (Å²) >= 11 is 5.91. The fourth-order valence-corrected chi connectivity index (χ4v) is 2.73. The number of carbonyl (C=O) groups excluding carboxylic acids is 2. The first-order chi connectivity index (χ1) is 14.1. The van der Waals surface area contributed by atoms with Gasteiger partial charge in [0.05, 0.1) is 10.6 Å². The first-order valence-electron chi connectivity index (χ1n) is 8.51. The monoisotopic (exact) mass is 434 g/mol. The molecule has 0 atom stereocenters. The number of anilines is 2. The Labute approximate surface area is 174 Å². The number of amides is 2. The summed E-state index contributed by atoms with van der Waals surface area (Å²) < 4.78 is 38.5. The lowest BCUT2D eigenvalue weighted by molar-refractivity contribution is -0.137. The molecule has 0 unspecified atom stereocenters. The number of halogens is 4. The van der Waals surface area contributed by atoms with Crippen LogP contribution in [0.4, 0.5) is 24.5 Å². The van der Waals surface area contributed by atoms with E-state index in [0.29, 0.717) is 11.3 Å². The third kappa shape index (κ3) is 4.93. The molecule has 3 rings (SSSR count). The van der Waals surface area contributed by atoms with Crippen LogP contribution >= 0.6 is 11.6 Å². The second kappa shape index (κ2) is 8.50. The van der Waals surface area contributed by atoms with Crippen molar-refractivity contribution in [1.82, 2.24) is 9.97 Å². The van der Waals surface area contributed by atoms with Crippen molar-refractivity contribution < 1.29 is 22.8 Å². The highest BCUT2D eigenvalue weighted by Crippen LogP contribution is 2.31. The summed E-state index contributed by atoms with van der Waals surface area (Å²) in [5.41, 5.74) is 0.204. The Bertz CT molecular complexity index is 1120. The van der Waals surface area contributed by atoms with Crippen molar-refractivity contribution in [1.29, 1.82) is 0 Å². The first-order valence-corrected chi connectivity index (χ1v) is 8.89. The molecule has 1 aromatic heterocycles. The van der Waals surface area contributed by atoms with E-state index in [1.54, 1.807) is 13.0 Å². The van der Waals surface area contributed by atoms with Crippen LogP contribution in [0.15, 0.2) is 55.0 Å². The van der Waals surface area contributed by atoms with Crippen LogP contribution in [0, 0.1) is 6.92 Å². The van der Waals surface area contributed by atoms with Crippen LogP contribution in [0.2, 0.25) is 5.02 Å². The highest BCUT2D eigenvalue weighted by atomic mass is 35.5. The van der Waals surface area contributed by atoms with Gasteiger partial charge in [0.15, 0.2) is 0 Å². The molecule has 0 aliphatic rings. The predicted octanol–water partition coefficient (Wildman–Crippen LogP) is 4.96. The third-order valence-electron chi connectivity index (χ3n) is 4.08. The number of nitrogens with zero attached hydrogens (tertiary/aromatic N) is 2. The molecule has 0 fully saturated rings. The molecule has 154 valence electrons. The molecule has 0 aliphatic heterocycles. The number of carbonyl (C=O) groups is 2. The van der Waals surface area contributed by atoms with Crippen molar-refractivity contribution in [2.24, 2.45) is 0 Å². The standard InChI is InChI=1S/C20H14ClF3N4O2/c1-11-5-6-12(7-16(11)28-19(30)17-15(21)9-25-10-26-17)18(29)27-14-4-2-3-13(8-14)20(22,23)24/h2-10H,1H3,(H,27,29)(H,28,30). The average Bonchev–Trinajstić information content (AvgIpc) is 2.69. The second-order valence-electron chi connectivity index (χ2n) is 6.24. The average molecular weight is 435 g/mol. The Kier molecular flexibility index (Phi) is 6.02. The van der Waals surface area contributed by atoms with Crippen LogP contribution in [0.3, 0.4) is 0 Å². The molecule has 0 saturated carbocycles. The Morgan fingerprint density at radius 3 is 2.50 bits per heavy atom. The number of hydrogen-bond acceptors (Lipinski definition) is 4. The molecule has 0 aliphatic carbocycles. The summed E-state index contributed by atoms with van der Waals surface area (Å²) in [4.78, 5) is 32.4. The molecule has 2 amide bonds. The van der Waals surface area contributed by atoms with Gasteiger partial charge in [0, 0.05) is 23.1 Å². The molecule has 10 heteroatoms. The minimum absolute atomic E-state index is 0.00578. The Balaban J connectivity index is 1.80. The molecule has 0 saturated heterocycles. The van der Waals surface area contributed by atoms with E-state index >= 15 is 0 Å². The minimum Gasteiger partial charge on any atom is -0.322 e. The van der Waals surface area contributed by atoms with Gasteiger partial charge in [-0.3, -0.25) is 9.59 Å². The number of nitrogens with one attached hydrogen (secondary N) is 2. The molecule has 0 radical (unpaired) electrons. The van der Waals surface area contributed by atoms with Gasteiger partial charge in [0.2, 0.25) is 0 Å². The molecule has 0 bridgehead atoms. The van der Waals surface area contributed by atoms with Crippen LogP contribution in [0.5, 0.6) is 0 Å². The van der Waals surface area contributed by atoms with E-state index in [0.717, 1.165) is 12.1 Å². The van der Waals surface area contributed by atoms with Crippen LogP contribution < -0.4 is 10.6 Å². The molecule has 1 heterocycles. The van der Waals surface area contributed by atoms with Gasteiger partial charge in [0.1, 0.15) is 12.0 Å². The fraction of sp³-hybridized carbons (Fsp3) is 0.100. The molecule has 0 spiro atoms. The Hall–Kier alpha value is -3.46. The smallest absolute Gasteiger partial charge is 0.322 e. The van der Waals surface area contributed by atoms with Gasteiger partial charge >= 0.3 is 6.18 Å². The van der Waals surface area contributed by atoms with Crippen molar-refractivity contribution in [2.75, 3.05) is 10.6 Å². The first kappa shape index (κ1) is 21.3. The maximum absolute atomic E-state index is 12.8. The summed E-state index contributed by atoms with van der Waals surface area (Å²) in [5, 5.41) is 5.09. The van der Waals surface area contributed by atoms with Gasteiger partial charge in [-0.25, -0.2) is 9.97 Å². The molecular formula is C20H14ClF3N4O2. The minimum atomic E-state index is -4.52. The lowest BCUT2D eigenvalue weighted by Gasteiger charge is -2.12. The van der Waals surface area contributed by atoms with Gasteiger partial charge in [0.25, 0.3) is 11.8 Å². The molecular weight excluding hydrogens is 421 g/mol. The van der Waals surface area contributed by atoms with Gasteiger partial charge in [-0.1, -0.05) is 23.7 Å².